The Morgan fingerprint density at radius 2 is 1.64 bits per heavy atom. The van der Waals surface area contributed by atoms with E-state index in [4.69, 9.17) is 0 Å². The van der Waals surface area contributed by atoms with Crippen LogP contribution < -0.4 is 0 Å². The van der Waals surface area contributed by atoms with Crippen LogP contribution >= 0.6 is 0 Å². The number of hydrogen-bond donors (Lipinski definition) is 1. The summed E-state index contributed by atoms with van der Waals surface area (Å²) in [6.45, 7) is 3.12. The number of benzene rings is 2. The van der Waals surface area contributed by atoms with Gasteiger partial charge >= 0.3 is 0 Å². The second kappa shape index (κ2) is 9.08. The molecule has 1 aliphatic rings. The van der Waals surface area contributed by atoms with Crippen LogP contribution in [0.2, 0.25) is 0 Å². The molecule has 2 aromatic carbocycles. The predicted octanol–water partition coefficient (Wildman–Crippen LogP) is 3.04. The Hall–Kier alpha value is -2.57. The van der Waals surface area contributed by atoms with Crippen molar-refractivity contribution >= 4 is 0 Å². The van der Waals surface area contributed by atoms with Crippen LogP contribution in [0, 0.1) is 5.92 Å². The summed E-state index contributed by atoms with van der Waals surface area (Å²) in [7, 11) is 0. The highest BCUT2D eigenvalue weighted by Gasteiger charge is 2.26. The Bertz CT molecular complexity index is 844. The number of rotatable bonds is 7. The van der Waals surface area contributed by atoms with Gasteiger partial charge < -0.3 is 10.0 Å². The van der Waals surface area contributed by atoms with Gasteiger partial charge in [-0.25, -0.2) is 0 Å². The molecule has 28 heavy (non-hydrogen) atoms. The van der Waals surface area contributed by atoms with Crippen LogP contribution in [0.3, 0.4) is 0 Å². The van der Waals surface area contributed by atoms with Crippen molar-refractivity contribution in [1.82, 2.24) is 25.1 Å². The van der Waals surface area contributed by atoms with E-state index in [1.807, 2.05) is 65.3 Å². The Morgan fingerprint density at radius 1 is 0.964 bits per heavy atom. The van der Waals surface area contributed by atoms with Gasteiger partial charge in [0.05, 0.1) is 11.8 Å². The van der Waals surface area contributed by atoms with Gasteiger partial charge in [0.2, 0.25) is 0 Å². The zero-order valence-electron chi connectivity index (χ0n) is 16.1. The second-order valence-corrected chi connectivity index (χ2v) is 7.48. The van der Waals surface area contributed by atoms with Crippen LogP contribution in [0.4, 0.5) is 0 Å². The Balaban J connectivity index is 1.24. The van der Waals surface area contributed by atoms with Crippen LogP contribution in [-0.2, 0) is 6.42 Å². The molecule has 1 aliphatic heterocycles. The van der Waals surface area contributed by atoms with Crippen molar-refractivity contribution in [2.24, 2.45) is 5.92 Å². The van der Waals surface area contributed by atoms with E-state index in [0.29, 0.717) is 5.92 Å². The number of likely N-dealkylation sites (tertiary alicyclic amines) is 1. The lowest BCUT2D eigenvalue weighted by Crippen LogP contribution is -2.36. The summed E-state index contributed by atoms with van der Waals surface area (Å²) in [5.74, 6) is 1.25. The molecule has 0 unspecified atom stereocenters. The molecule has 1 atom stereocenters. The summed E-state index contributed by atoms with van der Waals surface area (Å²) in [5, 5.41) is 22.8. The number of hydrogen-bond acceptors (Lipinski definition) is 5. The highest BCUT2D eigenvalue weighted by molar-refractivity contribution is 5.30. The minimum Gasteiger partial charge on any atom is -0.388 e. The number of aliphatic hydroxyl groups excluding tert-OH is 1. The first-order chi connectivity index (χ1) is 13.8. The molecule has 1 N–H and O–H groups in total. The van der Waals surface area contributed by atoms with E-state index in [-0.39, 0.29) is 6.10 Å². The van der Waals surface area contributed by atoms with Gasteiger partial charge in [-0.1, -0.05) is 48.5 Å². The third kappa shape index (κ3) is 4.46. The fraction of sp³-hybridized carbons (Fsp3) is 0.409. The van der Waals surface area contributed by atoms with Crippen LogP contribution in [0.5, 0.6) is 0 Å². The van der Waals surface area contributed by atoms with Crippen LogP contribution in [0.1, 0.15) is 36.8 Å². The van der Waals surface area contributed by atoms with Gasteiger partial charge in [0.25, 0.3) is 0 Å². The van der Waals surface area contributed by atoms with Gasteiger partial charge in [-0.15, -0.1) is 5.10 Å². The topological polar surface area (TPSA) is 67.1 Å². The SMILES string of the molecule is O[C@H](c1ccccc1)C1CCN(CCCc2nnnn2-c2ccccc2)CC1. The molecule has 0 radical (unpaired) electrons. The third-order valence-corrected chi connectivity index (χ3v) is 5.63. The maximum absolute atomic E-state index is 10.6. The normalized spacial score (nSPS) is 16.9. The fourth-order valence-corrected chi connectivity index (χ4v) is 4.01. The minimum atomic E-state index is -0.348. The molecule has 0 spiro atoms. The van der Waals surface area contributed by atoms with E-state index in [1.165, 1.54) is 0 Å². The highest BCUT2D eigenvalue weighted by atomic mass is 16.3. The van der Waals surface area contributed by atoms with Gasteiger partial charge in [0.1, 0.15) is 0 Å². The Morgan fingerprint density at radius 3 is 2.36 bits per heavy atom. The first kappa shape index (κ1) is 18.8. The molecule has 2 heterocycles. The average molecular weight is 377 g/mol. The smallest absolute Gasteiger partial charge is 0.156 e. The van der Waals surface area contributed by atoms with Gasteiger partial charge in [0.15, 0.2) is 5.82 Å². The van der Waals surface area contributed by atoms with E-state index in [0.717, 1.165) is 62.4 Å². The number of aromatic nitrogens is 4. The van der Waals surface area contributed by atoms with Crippen molar-refractivity contribution in [1.29, 1.82) is 0 Å². The van der Waals surface area contributed by atoms with Gasteiger partial charge in [0, 0.05) is 6.42 Å². The number of para-hydroxylation sites is 1. The number of aryl methyl sites for hydroxylation is 1. The average Bonchev–Trinajstić information content (AvgIpc) is 3.23. The maximum atomic E-state index is 10.6. The number of tetrazole rings is 1. The maximum Gasteiger partial charge on any atom is 0.156 e. The molecule has 0 aliphatic carbocycles. The second-order valence-electron chi connectivity index (χ2n) is 7.48. The van der Waals surface area contributed by atoms with Crippen molar-refractivity contribution < 1.29 is 5.11 Å². The van der Waals surface area contributed by atoms with Crippen LogP contribution in [-0.4, -0.2) is 49.8 Å². The fourth-order valence-electron chi connectivity index (χ4n) is 4.01. The molecule has 0 amide bonds. The quantitative estimate of drug-likeness (QED) is 0.685. The first-order valence-electron chi connectivity index (χ1n) is 10.1. The molecule has 6 nitrogen and oxygen atoms in total. The molecule has 0 bridgehead atoms. The molecule has 1 saturated heterocycles. The van der Waals surface area contributed by atoms with Gasteiger partial charge in [-0.2, -0.15) is 4.68 Å². The summed E-state index contributed by atoms with van der Waals surface area (Å²) in [5.41, 5.74) is 2.03. The molecular formula is C22H27N5O. The van der Waals surface area contributed by atoms with Gasteiger partial charge in [-0.05, 0) is 72.9 Å². The van der Waals surface area contributed by atoms with Gasteiger partial charge in [-0.3, -0.25) is 0 Å². The van der Waals surface area contributed by atoms with Crippen molar-refractivity contribution in [3.8, 4) is 5.69 Å². The lowest BCUT2D eigenvalue weighted by Gasteiger charge is -2.34. The number of piperidine rings is 1. The lowest BCUT2D eigenvalue weighted by atomic mass is 9.87. The van der Waals surface area contributed by atoms with Crippen LogP contribution in [0.25, 0.3) is 5.69 Å². The molecule has 146 valence electrons. The predicted molar refractivity (Wildman–Crippen MR) is 108 cm³/mol. The molecule has 3 aromatic rings. The van der Waals surface area contributed by atoms with E-state index in [1.54, 1.807) is 0 Å². The lowest BCUT2D eigenvalue weighted by molar-refractivity contribution is 0.0586. The van der Waals surface area contributed by atoms with E-state index in [9.17, 15) is 5.11 Å². The largest absolute Gasteiger partial charge is 0.388 e. The van der Waals surface area contributed by atoms with E-state index < -0.39 is 0 Å². The molecule has 4 rings (SSSR count). The third-order valence-electron chi connectivity index (χ3n) is 5.63. The molecule has 1 aromatic heterocycles. The standard InChI is InChI=1S/C22H27N5O/c28-22(18-8-3-1-4-9-18)19-13-16-26(17-14-19)15-7-12-21-23-24-25-27(21)20-10-5-2-6-11-20/h1-6,8-11,19,22,28H,7,12-17H2/t22-/m1/s1. The summed E-state index contributed by atoms with van der Waals surface area (Å²) < 4.78 is 1.82. The van der Waals surface area contributed by atoms with Crippen molar-refractivity contribution in [2.45, 2.75) is 31.8 Å². The summed E-state index contributed by atoms with van der Waals surface area (Å²) in [6.07, 6.45) is 3.61. The van der Waals surface area contributed by atoms with E-state index in [2.05, 4.69) is 20.4 Å². The van der Waals surface area contributed by atoms with E-state index >= 15 is 0 Å². The van der Waals surface area contributed by atoms with Crippen LogP contribution in [0.15, 0.2) is 60.7 Å². The molecule has 0 saturated carbocycles. The first-order valence-corrected chi connectivity index (χ1v) is 10.1. The molecular weight excluding hydrogens is 350 g/mol. The molecule has 1 fully saturated rings. The summed E-state index contributed by atoms with van der Waals surface area (Å²) >= 11 is 0. The number of nitrogens with zero attached hydrogens (tertiary/aromatic N) is 5. The van der Waals surface area contributed by atoms with Crippen molar-refractivity contribution in [3.63, 3.8) is 0 Å². The summed E-state index contributed by atoms with van der Waals surface area (Å²) in [6, 6.07) is 20.0. The number of aliphatic hydroxyl groups is 1. The minimum absolute atomic E-state index is 0.348. The zero-order chi connectivity index (χ0) is 19.2. The Kier molecular flexibility index (Phi) is 6.09. The highest BCUT2D eigenvalue weighted by Crippen LogP contribution is 2.30. The molecule has 6 heteroatoms. The summed E-state index contributed by atoms with van der Waals surface area (Å²) in [4.78, 5) is 2.49. The van der Waals surface area contributed by atoms with Crippen molar-refractivity contribution in [2.75, 3.05) is 19.6 Å². The zero-order valence-corrected chi connectivity index (χ0v) is 16.1. The monoisotopic (exact) mass is 377 g/mol. The van der Waals surface area contributed by atoms with Crippen molar-refractivity contribution in [3.05, 3.63) is 72.1 Å². The Labute approximate surface area is 165 Å².